The zero-order valence-electron chi connectivity index (χ0n) is 12.1. The van der Waals surface area contributed by atoms with Crippen LogP contribution in [0.25, 0.3) is 0 Å². The summed E-state index contributed by atoms with van der Waals surface area (Å²) in [6, 6.07) is 7.77. The fourth-order valence-corrected chi connectivity index (χ4v) is 1.85. The van der Waals surface area contributed by atoms with Crippen molar-refractivity contribution in [2.45, 2.75) is 27.0 Å². The number of rotatable bonds is 7. The van der Waals surface area contributed by atoms with Crippen molar-refractivity contribution in [3.63, 3.8) is 0 Å². The second-order valence-corrected chi connectivity index (χ2v) is 4.48. The lowest BCUT2D eigenvalue weighted by Gasteiger charge is -2.11. The van der Waals surface area contributed by atoms with Gasteiger partial charge in [0, 0.05) is 12.6 Å². The molecule has 2 rings (SSSR count). The van der Waals surface area contributed by atoms with E-state index in [4.69, 9.17) is 14.0 Å². The molecule has 5 heteroatoms. The zero-order valence-corrected chi connectivity index (χ0v) is 12.1. The topological polar surface area (TPSA) is 56.5 Å². The van der Waals surface area contributed by atoms with E-state index >= 15 is 0 Å². The Morgan fingerprint density at radius 3 is 2.75 bits per heavy atom. The van der Waals surface area contributed by atoms with Crippen molar-refractivity contribution in [1.29, 1.82) is 0 Å². The minimum absolute atomic E-state index is 0.359. The van der Waals surface area contributed by atoms with E-state index < -0.39 is 0 Å². The van der Waals surface area contributed by atoms with E-state index in [1.807, 2.05) is 31.2 Å². The summed E-state index contributed by atoms with van der Waals surface area (Å²) in [5, 5.41) is 7.19. The van der Waals surface area contributed by atoms with Crippen molar-refractivity contribution in [3.05, 3.63) is 41.3 Å². The molecule has 0 saturated carbocycles. The molecule has 0 aliphatic carbocycles. The molecule has 0 spiro atoms. The summed E-state index contributed by atoms with van der Waals surface area (Å²) in [6.45, 7) is 6.03. The van der Waals surface area contributed by atoms with Gasteiger partial charge in [-0.2, -0.15) is 0 Å². The molecule has 108 valence electrons. The van der Waals surface area contributed by atoms with Crippen LogP contribution in [0.1, 0.15) is 23.9 Å². The largest absolute Gasteiger partial charge is 0.493 e. The molecule has 1 N–H and O–H groups in total. The molecule has 0 saturated heterocycles. The lowest BCUT2D eigenvalue weighted by Crippen LogP contribution is -2.11. The zero-order chi connectivity index (χ0) is 14.4. The number of hydrogen-bond acceptors (Lipinski definition) is 5. The Balaban J connectivity index is 2.07. The van der Waals surface area contributed by atoms with Gasteiger partial charge < -0.3 is 19.3 Å². The first-order chi connectivity index (χ1) is 9.72. The van der Waals surface area contributed by atoms with Gasteiger partial charge in [0.05, 0.1) is 7.11 Å². The molecule has 2 aromatic rings. The molecule has 0 fully saturated rings. The summed E-state index contributed by atoms with van der Waals surface area (Å²) >= 11 is 0. The summed E-state index contributed by atoms with van der Waals surface area (Å²) < 4.78 is 16.1. The Bertz CT molecular complexity index is 552. The van der Waals surface area contributed by atoms with Crippen LogP contribution < -0.4 is 14.8 Å². The van der Waals surface area contributed by atoms with Crippen LogP contribution in [0.5, 0.6) is 11.5 Å². The first kappa shape index (κ1) is 14.4. The number of ether oxygens (including phenoxy) is 2. The fraction of sp³-hybridized carbons (Fsp3) is 0.400. The van der Waals surface area contributed by atoms with Crippen LogP contribution in [0, 0.1) is 6.92 Å². The van der Waals surface area contributed by atoms with E-state index in [0.717, 1.165) is 30.1 Å². The Morgan fingerprint density at radius 2 is 2.10 bits per heavy atom. The maximum absolute atomic E-state index is 5.77. The summed E-state index contributed by atoms with van der Waals surface area (Å²) in [7, 11) is 1.63. The van der Waals surface area contributed by atoms with Crippen molar-refractivity contribution in [3.8, 4) is 11.5 Å². The number of aromatic nitrogens is 1. The van der Waals surface area contributed by atoms with Gasteiger partial charge in [-0.3, -0.25) is 0 Å². The molecule has 0 bridgehead atoms. The fourth-order valence-electron chi connectivity index (χ4n) is 1.85. The molecule has 0 amide bonds. The van der Waals surface area contributed by atoms with E-state index in [1.54, 1.807) is 7.11 Å². The summed E-state index contributed by atoms with van der Waals surface area (Å²) in [6.07, 6.45) is 0. The van der Waals surface area contributed by atoms with Crippen molar-refractivity contribution < 1.29 is 14.0 Å². The third-order valence-corrected chi connectivity index (χ3v) is 2.86. The highest BCUT2D eigenvalue weighted by Crippen LogP contribution is 2.28. The Morgan fingerprint density at radius 1 is 1.25 bits per heavy atom. The predicted octanol–water partition coefficient (Wildman–Crippen LogP) is 2.68. The van der Waals surface area contributed by atoms with Gasteiger partial charge in [0.15, 0.2) is 11.5 Å². The maximum atomic E-state index is 5.77. The van der Waals surface area contributed by atoms with E-state index in [-0.39, 0.29) is 0 Å². The number of hydrogen-bond donors (Lipinski definition) is 1. The monoisotopic (exact) mass is 276 g/mol. The number of nitrogens with zero attached hydrogens (tertiary/aromatic N) is 1. The molecule has 1 aromatic carbocycles. The average Bonchev–Trinajstić information content (AvgIpc) is 2.88. The molecule has 5 nitrogen and oxygen atoms in total. The molecule has 0 aliphatic heterocycles. The molecule has 0 aliphatic rings. The van der Waals surface area contributed by atoms with Gasteiger partial charge >= 0.3 is 0 Å². The van der Waals surface area contributed by atoms with Crippen LogP contribution >= 0.6 is 0 Å². The summed E-state index contributed by atoms with van der Waals surface area (Å²) in [4.78, 5) is 0. The van der Waals surface area contributed by atoms with E-state index in [2.05, 4.69) is 17.4 Å². The van der Waals surface area contributed by atoms with Crippen molar-refractivity contribution in [2.24, 2.45) is 0 Å². The van der Waals surface area contributed by atoms with Gasteiger partial charge in [0.1, 0.15) is 18.1 Å². The normalized spacial score (nSPS) is 10.6. The molecule has 0 atom stereocenters. The minimum atomic E-state index is 0.359. The number of benzene rings is 1. The standard InChI is InChI=1S/C15H20N2O3/c1-4-16-9-12-5-6-14(18-3)15(8-12)19-10-13-7-11(2)20-17-13/h5-8,16H,4,9-10H2,1-3H3. The lowest BCUT2D eigenvalue weighted by atomic mass is 10.2. The Kier molecular flexibility index (Phi) is 5.01. The molecule has 20 heavy (non-hydrogen) atoms. The van der Waals surface area contributed by atoms with E-state index in [0.29, 0.717) is 18.1 Å². The van der Waals surface area contributed by atoms with Gasteiger partial charge in [-0.15, -0.1) is 0 Å². The van der Waals surface area contributed by atoms with Crippen molar-refractivity contribution in [1.82, 2.24) is 10.5 Å². The third-order valence-electron chi connectivity index (χ3n) is 2.86. The van der Waals surface area contributed by atoms with Crippen molar-refractivity contribution >= 4 is 0 Å². The molecular formula is C15H20N2O3. The van der Waals surface area contributed by atoms with Crippen LogP contribution in [0.15, 0.2) is 28.8 Å². The minimum Gasteiger partial charge on any atom is -0.493 e. The number of methoxy groups -OCH3 is 1. The first-order valence-corrected chi connectivity index (χ1v) is 6.65. The van der Waals surface area contributed by atoms with E-state index in [9.17, 15) is 0 Å². The Hall–Kier alpha value is -2.01. The van der Waals surface area contributed by atoms with Crippen LogP contribution in [0.3, 0.4) is 0 Å². The average molecular weight is 276 g/mol. The highest BCUT2D eigenvalue weighted by atomic mass is 16.5. The second-order valence-electron chi connectivity index (χ2n) is 4.48. The third kappa shape index (κ3) is 3.74. The van der Waals surface area contributed by atoms with Gasteiger partial charge in [0.25, 0.3) is 0 Å². The van der Waals surface area contributed by atoms with Crippen LogP contribution in [0.2, 0.25) is 0 Å². The highest BCUT2D eigenvalue weighted by Gasteiger charge is 2.08. The summed E-state index contributed by atoms with van der Waals surface area (Å²) in [5.74, 6) is 2.20. The second kappa shape index (κ2) is 6.96. The molecule has 1 aromatic heterocycles. The smallest absolute Gasteiger partial charge is 0.162 e. The number of aryl methyl sites for hydroxylation is 1. The molecule has 0 unspecified atom stereocenters. The van der Waals surface area contributed by atoms with Crippen LogP contribution in [0.4, 0.5) is 0 Å². The molecule has 1 heterocycles. The Labute approximate surface area is 118 Å². The van der Waals surface area contributed by atoms with Crippen LogP contribution in [-0.2, 0) is 13.2 Å². The predicted molar refractivity (Wildman–Crippen MR) is 75.9 cm³/mol. The molecular weight excluding hydrogens is 256 g/mol. The lowest BCUT2D eigenvalue weighted by molar-refractivity contribution is 0.271. The van der Waals surface area contributed by atoms with Gasteiger partial charge in [-0.25, -0.2) is 0 Å². The highest BCUT2D eigenvalue weighted by molar-refractivity contribution is 5.43. The van der Waals surface area contributed by atoms with E-state index in [1.165, 1.54) is 0 Å². The van der Waals surface area contributed by atoms with Crippen molar-refractivity contribution in [2.75, 3.05) is 13.7 Å². The van der Waals surface area contributed by atoms with Crippen LogP contribution in [-0.4, -0.2) is 18.8 Å². The van der Waals surface area contributed by atoms with Gasteiger partial charge in [0.2, 0.25) is 0 Å². The quantitative estimate of drug-likeness (QED) is 0.842. The number of nitrogens with one attached hydrogen (secondary N) is 1. The maximum Gasteiger partial charge on any atom is 0.162 e. The SMILES string of the molecule is CCNCc1ccc(OC)c(OCc2cc(C)on2)c1. The van der Waals surface area contributed by atoms with Gasteiger partial charge in [-0.1, -0.05) is 18.1 Å². The first-order valence-electron chi connectivity index (χ1n) is 6.65. The molecule has 0 radical (unpaired) electrons. The van der Waals surface area contributed by atoms with Gasteiger partial charge in [-0.05, 0) is 31.2 Å². The summed E-state index contributed by atoms with van der Waals surface area (Å²) in [5.41, 5.74) is 1.92.